The van der Waals surface area contributed by atoms with Gasteiger partial charge in [-0.2, -0.15) is 0 Å². The fourth-order valence-electron chi connectivity index (χ4n) is 2.13. The van der Waals surface area contributed by atoms with Crippen LogP contribution in [0.15, 0.2) is 34.0 Å². The molecule has 1 aliphatic rings. The van der Waals surface area contributed by atoms with Gasteiger partial charge in [0.25, 0.3) is 0 Å². The fraction of sp³-hybridized carbons (Fsp3) is 0.308. The zero-order chi connectivity index (χ0) is 13.2. The van der Waals surface area contributed by atoms with Gasteiger partial charge in [-0.05, 0) is 35.0 Å². The SMILES string of the molecule is CCN1CCN=C1Nc1ccc2nccnc2c1Br. The van der Waals surface area contributed by atoms with Crippen LogP contribution in [0.4, 0.5) is 5.69 Å². The highest BCUT2D eigenvalue weighted by Crippen LogP contribution is 2.29. The summed E-state index contributed by atoms with van der Waals surface area (Å²) in [6, 6.07) is 3.96. The Morgan fingerprint density at radius 2 is 2.16 bits per heavy atom. The molecular formula is C13H14BrN5. The number of benzene rings is 1. The van der Waals surface area contributed by atoms with Crippen molar-refractivity contribution in [2.75, 3.05) is 25.0 Å². The summed E-state index contributed by atoms with van der Waals surface area (Å²) in [5.41, 5.74) is 2.70. The maximum Gasteiger partial charge on any atom is 0.198 e. The highest BCUT2D eigenvalue weighted by atomic mass is 79.9. The Balaban J connectivity index is 1.95. The molecule has 1 N–H and O–H groups in total. The smallest absolute Gasteiger partial charge is 0.198 e. The number of rotatable bonds is 2. The number of guanidine groups is 1. The van der Waals surface area contributed by atoms with E-state index < -0.39 is 0 Å². The summed E-state index contributed by atoms with van der Waals surface area (Å²) in [6.45, 7) is 4.91. The molecule has 0 fully saturated rings. The Kier molecular flexibility index (Phi) is 3.33. The standard InChI is InChI=1S/C13H14BrN5/c1-2-19-8-7-17-13(19)18-9-3-4-10-12(11(9)14)16-6-5-15-10/h3-6H,2,7-8H2,1H3,(H,17,18). The number of nitrogens with one attached hydrogen (secondary N) is 1. The third-order valence-corrected chi connectivity index (χ3v) is 3.94. The average Bonchev–Trinajstić information content (AvgIpc) is 2.89. The minimum absolute atomic E-state index is 0.848. The summed E-state index contributed by atoms with van der Waals surface area (Å²) >= 11 is 3.59. The number of aromatic nitrogens is 2. The third kappa shape index (κ3) is 2.28. The molecule has 19 heavy (non-hydrogen) atoms. The maximum absolute atomic E-state index is 4.48. The van der Waals surface area contributed by atoms with E-state index in [2.05, 4.69) is 48.0 Å². The van der Waals surface area contributed by atoms with Gasteiger partial charge in [0.15, 0.2) is 5.96 Å². The highest BCUT2D eigenvalue weighted by Gasteiger charge is 2.16. The monoisotopic (exact) mass is 319 g/mol. The molecule has 0 radical (unpaired) electrons. The summed E-state index contributed by atoms with van der Waals surface area (Å²) in [5, 5.41) is 3.36. The number of hydrogen-bond donors (Lipinski definition) is 1. The van der Waals surface area contributed by atoms with Gasteiger partial charge in [-0.3, -0.25) is 15.0 Å². The van der Waals surface area contributed by atoms with Crippen molar-refractivity contribution in [1.29, 1.82) is 0 Å². The van der Waals surface area contributed by atoms with Crippen LogP contribution in [-0.4, -0.2) is 40.5 Å². The highest BCUT2D eigenvalue weighted by molar-refractivity contribution is 9.10. The average molecular weight is 320 g/mol. The lowest BCUT2D eigenvalue weighted by Crippen LogP contribution is -2.32. The molecule has 0 atom stereocenters. The first-order chi connectivity index (χ1) is 9.29. The summed E-state index contributed by atoms with van der Waals surface area (Å²) in [6.07, 6.45) is 3.39. The van der Waals surface area contributed by atoms with Crippen LogP contribution in [0.1, 0.15) is 6.92 Å². The van der Waals surface area contributed by atoms with E-state index in [0.29, 0.717) is 0 Å². The van der Waals surface area contributed by atoms with Crippen LogP contribution in [0.25, 0.3) is 11.0 Å². The molecular weight excluding hydrogens is 306 g/mol. The van der Waals surface area contributed by atoms with E-state index >= 15 is 0 Å². The second kappa shape index (κ2) is 5.13. The van der Waals surface area contributed by atoms with E-state index in [0.717, 1.165) is 46.8 Å². The molecule has 0 unspecified atom stereocenters. The summed E-state index contributed by atoms with van der Waals surface area (Å²) in [7, 11) is 0. The van der Waals surface area contributed by atoms with Gasteiger partial charge >= 0.3 is 0 Å². The van der Waals surface area contributed by atoms with E-state index in [4.69, 9.17) is 0 Å². The number of fused-ring (bicyclic) bond motifs is 1. The molecule has 0 spiro atoms. The predicted molar refractivity (Wildman–Crippen MR) is 80.4 cm³/mol. The molecule has 5 nitrogen and oxygen atoms in total. The second-order valence-electron chi connectivity index (χ2n) is 4.26. The van der Waals surface area contributed by atoms with E-state index in [1.807, 2.05) is 12.1 Å². The summed E-state index contributed by atoms with van der Waals surface area (Å²) < 4.78 is 0.920. The first kappa shape index (κ1) is 12.3. The lowest BCUT2D eigenvalue weighted by molar-refractivity contribution is 0.482. The number of nitrogens with zero attached hydrogens (tertiary/aromatic N) is 4. The van der Waals surface area contributed by atoms with Crippen LogP contribution in [0.2, 0.25) is 0 Å². The van der Waals surface area contributed by atoms with Crippen LogP contribution < -0.4 is 5.32 Å². The molecule has 3 rings (SSSR count). The number of anilines is 1. The lowest BCUT2D eigenvalue weighted by Gasteiger charge is -2.19. The van der Waals surface area contributed by atoms with Gasteiger partial charge in [0.05, 0.1) is 22.2 Å². The Bertz CT molecular complexity index is 640. The van der Waals surface area contributed by atoms with Gasteiger partial charge in [-0.15, -0.1) is 0 Å². The molecule has 2 heterocycles. The third-order valence-electron chi connectivity index (χ3n) is 3.14. The fourth-order valence-corrected chi connectivity index (χ4v) is 2.67. The van der Waals surface area contributed by atoms with Crippen molar-refractivity contribution in [3.63, 3.8) is 0 Å². The second-order valence-corrected chi connectivity index (χ2v) is 5.05. The lowest BCUT2D eigenvalue weighted by atomic mass is 10.2. The van der Waals surface area contributed by atoms with E-state index in [1.165, 1.54) is 0 Å². The van der Waals surface area contributed by atoms with Crippen molar-refractivity contribution in [2.24, 2.45) is 4.99 Å². The van der Waals surface area contributed by atoms with E-state index in [9.17, 15) is 0 Å². The Labute approximate surface area is 119 Å². The van der Waals surface area contributed by atoms with Crippen molar-refractivity contribution in [1.82, 2.24) is 14.9 Å². The van der Waals surface area contributed by atoms with Gasteiger partial charge in [0, 0.05) is 25.5 Å². The summed E-state index contributed by atoms with van der Waals surface area (Å²) in [4.78, 5) is 15.3. The number of halogens is 1. The molecule has 0 saturated carbocycles. The van der Waals surface area contributed by atoms with Crippen molar-refractivity contribution < 1.29 is 0 Å². The zero-order valence-corrected chi connectivity index (χ0v) is 12.2. The van der Waals surface area contributed by atoms with E-state index in [-0.39, 0.29) is 0 Å². The molecule has 0 bridgehead atoms. The zero-order valence-electron chi connectivity index (χ0n) is 10.6. The molecule has 1 aromatic heterocycles. The van der Waals surface area contributed by atoms with Gasteiger partial charge in [0.2, 0.25) is 0 Å². The topological polar surface area (TPSA) is 53.4 Å². The molecule has 0 saturated heterocycles. The van der Waals surface area contributed by atoms with Gasteiger partial charge in [-0.25, -0.2) is 0 Å². The Hall–Kier alpha value is -1.69. The van der Waals surface area contributed by atoms with Gasteiger partial charge < -0.3 is 10.2 Å². The molecule has 0 aliphatic carbocycles. The molecule has 6 heteroatoms. The minimum Gasteiger partial charge on any atom is -0.341 e. The van der Waals surface area contributed by atoms with Crippen molar-refractivity contribution in [3.05, 3.63) is 29.0 Å². The summed E-state index contributed by atoms with van der Waals surface area (Å²) in [5.74, 6) is 0.923. The van der Waals surface area contributed by atoms with Crippen molar-refractivity contribution >= 4 is 38.6 Å². The van der Waals surface area contributed by atoms with E-state index in [1.54, 1.807) is 12.4 Å². The quantitative estimate of drug-likeness (QED) is 0.924. The van der Waals surface area contributed by atoms with Crippen molar-refractivity contribution in [2.45, 2.75) is 6.92 Å². The molecule has 2 aromatic rings. The van der Waals surface area contributed by atoms with Crippen molar-refractivity contribution in [3.8, 4) is 0 Å². The largest absolute Gasteiger partial charge is 0.341 e. The van der Waals surface area contributed by atoms with Gasteiger partial charge in [-0.1, -0.05) is 0 Å². The number of likely N-dealkylation sites (N-methyl/N-ethyl adjacent to an activating group) is 1. The normalized spacial score (nSPS) is 14.8. The van der Waals surface area contributed by atoms with Gasteiger partial charge in [0.1, 0.15) is 5.52 Å². The first-order valence-corrected chi connectivity index (χ1v) is 7.04. The number of aliphatic imine (C=N–C) groups is 1. The molecule has 1 aliphatic heterocycles. The van der Waals surface area contributed by atoms with Crippen LogP contribution in [-0.2, 0) is 0 Å². The molecule has 1 aromatic carbocycles. The minimum atomic E-state index is 0.848. The number of hydrogen-bond acceptors (Lipinski definition) is 5. The molecule has 98 valence electrons. The van der Waals surface area contributed by atoms with Crippen LogP contribution in [0.5, 0.6) is 0 Å². The van der Waals surface area contributed by atoms with Crippen LogP contribution in [0, 0.1) is 0 Å². The first-order valence-electron chi connectivity index (χ1n) is 6.25. The maximum atomic E-state index is 4.48. The Morgan fingerprint density at radius 3 is 3.00 bits per heavy atom. The van der Waals surface area contributed by atoms with Crippen LogP contribution in [0.3, 0.4) is 0 Å². The van der Waals surface area contributed by atoms with Crippen LogP contribution >= 0.6 is 15.9 Å². The predicted octanol–water partition coefficient (Wildman–Crippen LogP) is 2.50. The Morgan fingerprint density at radius 1 is 1.32 bits per heavy atom. The molecule has 0 amide bonds.